The van der Waals surface area contributed by atoms with Crippen molar-refractivity contribution in [1.82, 2.24) is 19.7 Å². The van der Waals surface area contributed by atoms with Gasteiger partial charge in [-0.05, 0) is 12.5 Å². The molecule has 0 bridgehead atoms. The molecule has 0 radical (unpaired) electrons. The summed E-state index contributed by atoms with van der Waals surface area (Å²) in [4.78, 5) is 8.50. The average Bonchev–Trinajstić information content (AvgIpc) is 2.82. The van der Waals surface area contributed by atoms with Gasteiger partial charge in [-0.3, -0.25) is 0 Å². The highest BCUT2D eigenvalue weighted by Crippen LogP contribution is 2.27. The summed E-state index contributed by atoms with van der Waals surface area (Å²) in [6.45, 7) is 0. The lowest BCUT2D eigenvalue weighted by Gasteiger charge is -2.06. The minimum atomic E-state index is 0.254. The first kappa shape index (κ1) is 14.5. The Hall–Kier alpha value is -1.92. The molecule has 0 amide bonds. The van der Waals surface area contributed by atoms with Crippen LogP contribution in [0.2, 0.25) is 0 Å². The van der Waals surface area contributed by atoms with Crippen LogP contribution in [-0.2, 0) is 0 Å². The Morgan fingerprint density at radius 3 is 2.60 bits per heavy atom. The summed E-state index contributed by atoms with van der Waals surface area (Å²) in [6.07, 6.45) is 3.69. The van der Waals surface area contributed by atoms with Gasteiger partial charge in [-0.25, -0.2) is 4.98 Å². The largest absolute Gasteiger partial charge is 0.481 e. The summed E-state index contributed by atoms with van der Waals surface area (Å²) in [7, 11) is 1.52. The standard InChI is InChI=1S/C11H12N6OS2/c1-18-8-4-7(14-11(15-8)20-3)17-9(13)6(5-12)10(16-17)19-2/h4H,13H2,1-3H3. The molecule has 0 saturated heterocycles. The van der Waals surface area contributed by atoms with Gasteiger partial charge in [0.15, 0.2) is 11.0 Å². The molecule has 0 fully saturated rings. The third-order valence-corrected chi connectivity index (χ3v) is 3.69. The topological polar surface area (TPSA) is 103 Å². The number of nitrogens with two attached hydrogens (primary N) is 1. The van der Waals surface area contributed by atoms with E-state index in [0.717, 1.165) is 0 Å². The van der Waals surface area contributed by atoms with Gasteiger partial charge < -0.3 is 10.5 Å². The molecule has 0 aromatic carbocycles. The van der Waals surface area contributed by atoms with Crippen LogP contribution in [0.3, 0.4) is 0 Å². The van der Waals surface area contributed by atoms with Gasteiger partial charge in [-0.1, -0.05) is 11.8 Å². The van der Waals surface area contributed by atoms with Crippen molar-refractivity contribution in [2.24, 2.45) is 0 Å². The van der Waals surface area contributed by atoms with Crippen molar-refractivity contribution >= 4 is 29.3 Å². The Bertz CT molecular complexity index is 656. The third-order valence-electron chi connectivity index (χ3n) is 2.47. The maximum atomic E-state index is 9.13. The van der Waals surface area contributed by atoms with Gasteiger partial charge in [0, 0.05) is 6.07 Å². The lowest BCUT2D eigenvalue weighted by molar-refractivity contribution is 0.391. The molecule has 2 N–H and O–H groups in total. The summed E-state index contributed by atoms with van der Waals surface area (Å²) in [5.41, 5.74) is 6.31. The Morgan fingerprint density at radius 2 is 2.10 bits per heavy atom. The van der Waals surface area contributed by atoms with Crippen LogP contribution in [0.4, 0.5) is 5.82 Å². The quantitative estimate of drug-likeness (QED) is 0.670. The molecule has 104 valence electrons. The van der Waals surface area contributed by atoms with Crippen LogP contribution in [0.25, 0.3) is 5.82 Å². The molecule has 7 nitrogen and oxygen atoms in total. The molecule has 9 heteroatoms. The second-order valence-corrected chi connectivity index (χ2v) is 5.12. The number of hydrogen-bond acceptors (Lipinski definition) is 8. The first-order chi connectivity index (χ1) is 9.64. The van der Waals surface area contributed by atoms with Gasteiger partial charge in [0.2, 0.25) is 5.88 Å². The summed E-state index contributed by atoms with van der Waals surface area (Å²) in [5, 5.41) is 14.5. The van der Waals surface area contributed by atoms with E-state index in [-0.39, 0.29) is 5.82 Å². The van der Waals surface area contributed by atoms with E-state index in [1.54, 1.807) is 6.07 Å². The van der Waals surface area contributed by atoms with Crippen molar-refractivity contribution < 1.29 is 4.74 Å². The van der Waals surface area contributed by atoms with Crippen molar-refractivity contribution in [3.63, 3.8) is 0 Å². The Kier molecular flexibility index (Phi) is 4.36. The number of ether oxygens (including phenoxy) is 1. The fourth-order valence-corrected chi connectivity index (χ4v) is 2.41. The van der Waals surface area contributed by atoms with Crippen LogP contribution in [0, 0.1) is 11.3 Å². The van der Waals surface area contributed by atoms with E-state index >= 15 is 0 Å². The van der Waals surface area contributed by atoms with Crippen LogP contribution >= 0.6 is 23.5 Å². The maximum Gasteiger partial charge on any atom is 0.219 e. The number of hydrogen-bond donors (Lipinski definition) is 1. The van der Waals surface area contributed by atoms with Crippen molar-refractivity contribution in [2.75, 3.05) is 25.4 Å². The number of methoxy groups -OCH3 is 1. The van der Waals surface area contributed by atoms with Gasteiger partial charge in [-0.15, -0.1) is 11.8 Å². The minimum absolute atomic E-state index is 0.254. The summed E-state index contributed by atoms with van der Waals surface area (Å²) < 4.78 is 6.56. The number of nitriles is 1. The Balaban J connectivity index is 2.62. The molecule has 0 atom stereocenters. The van der Waals surface area contributed by atoms with Crippen LogP contribution < -0.4 is 10.5 Å². The average molecular weight is 308 g/mol. The van der Waals surface area contributed by atoms with Crippen LogP contribution in [0.1, 0.15) is 5.56 Å². The van der Waals surface area contributed by atoms with Gasteiger partial charge in [0.25, 0.3) is 0 Å². The van der Waals surface area contributed by atoms with E-state index in [1.165, 1.54) is 35.3 Å². The molecule has 2 aromatic heterocycles. The predicted molar refractivity (Wildman–Crippen MR) is 78.4 cm³/mol. The Morgan fingerprint density at radius 1 is 1.35 bits per heavy atom. The monoisotopic (exact) mass is 308 g/mol. The second kappa shape index (κ2) is 6.02. The fraction of sp³-hybridized carbons (Fsp3) is 0.273. The smallest absolute Gasteiger partial charge is 0.219 e. The number of nitrogen functional groups attached to an aromatic ring is 1. The zero-order valence-electron chi connectivity index (χ0n) is 11.1. The second-order valence-electron chi connectivity index (χ2n) is 3.55. The lowest BCUT2D eigenvalue weighted by atomic mass is 10.4. The van der Waals surface area contributed by atoms with Crippen molar-refractivity contribution in [3.8, 4) is 17.8 Å². The molecule has 0 aliphatic carbocycles. The highest BCUT2D eigenvalue weighted by atomic mass is 32.2. The first-order valence-corrected chi connectivity index (χ1v) is 7.89. The van der Waals surface area contributed by atoms with E-state index in [4.69, 9.17) is 15.7 Å². The van der Waals surface area contributed by atoms with Crippen LogP contribution in [0.5, 0.6) is 5.88 Å². The molecule has 20 heavy (non-hydrogen) atoms. The number of aromatic nitrogens is 4. The molecular formula is C11H12N6OS2. The van der Waals surface area contributed by atoms with Gasteiger partial charge >= 0.3 is 0 Å². The molecule has 0 spiro atoms. The fourth-order valence-electron chi connectivity index (χ4n) is 1.53. The van der Waals surface area contributed by atoms with Crippen LogP contribution in [0.15, 0.2) is 16.2 Å². The highest BCUT2D eigenvalue weighted by molar-refractivity contribution is 7.98. The summed E-state index contributed by atoms with van der Waals surface area (Å²) in [5.74, 6) is 1.14. The van der Waals surface area contributed by atoms with Gasteiger partial charge in [-0.2, -0.15) is 20.0 Å². The van der Waals surface area contributed by atoms with E-state index in [2.05, 4.69) is 21.1 Å². The molecule has 2 heterocycles. The molecular weight excluding hydrogens is 296 g/mol. The zero-order valence-corrected chi connectivity index (χ0v) is 12.7. The van der Waals surface area contributed by atoms with E-state index in [1.807, 2.05) is 12.5 Å². The normalized spacial score (nSPS) is 10.3. The zero-order chi connectivity index (χ0) is 14.7. The van der Waals surface area contributed by atoms with E-state index < -0.39 is 0 Å². The number of nitrogens with zero attached hydrogens (tertiary/aromatic N) is 5. The highest BCUT2D eigenvalue weighted by Gasteiger charge is 2.18. The first-order valence-electron chi connectivity index (χ1n) is 5.44. The van der Waals surface area contributed by atoms with Crippen molar-refractivity contribution in [1.29, 1.82) is 5.26 Å². The number of thioether (sulfide) groups is 2. The van der Waals surface area contributed by atoms with Gasteiger partial charge in [0.1, 0.15) is 22.5 Å². The summed E-state index contributed by atoms with van der Waals surface area (Å²) in [6, 6.07) is 3.67. The Labute approximate surface area is 124 Å². The number of rotatable bonds is 4. The van der Waals surface area contributed by atoms with E-state index in [9.17, 15) is 0 Å². The van der Waals surface area contributed by atoms with Gasteiger partial charge in [0.05, 0.1) is 7.11 Å². The lowest BCUT2D eigenvalue weighted by Crippen LogP contribution is -2.06. The van der Waals surface area contributed by atoms with Crippen molar-refractivity contribution in [2.45, 2.75) is 10.2 Å². The number of anilines is 1. The third kappa shape index (κ3) is 2.52. The molecule has 2 aromatic rings. The summed E-state index contributed by atoms with van der Waals surface area (Å²) >= 11 is 2.74. The van der Waals surface area contributed by atoms with Crippen molar-refractivity contribution in [3.05, 3.63) is 11.6 Å². The molecule has 2 rings (SSSR count). The minimum Gasteiger partial charge on any atom is -0.481 e. The molecule has 0 aliphatic heterocycles. The van der Waals surface area contributed by atoms with E-state index in [0.29, 0.717) is 27.4 Å². The molecule has 0 aliphatic rings. The van der Waals surface area contributed by atoms with Crippen LogP contribution in [-0.4, -0.2) is 39.4 Å². The maximum absolute atomic E-state index is 9.13. The molecule has 0 saturated carbocycles. The molecule has 0 unspecified atom stereocenters. The predicted octanol–water partition coefficient (Wildman–Crippen LogP) is 1.57. The SMILES string of the molecule is COc1cc(-n2nc(SC)c(C#N)c2N)nc(SC)n1.